The first-order valence-corrected chi connectivity index (χ1v) is 11.6. The van der Waals surface area contributed by atoms with E-state index in [4.69, 9.17) is 4.74 Å². The summed E-state index contributed by atoms with van der Waals surface area (Å²) in [7, 11) is 0. The van der Waals surface area contributed by atoms with Gasteiger partial charge in [-0.05, 0) is 43.0 Å². The van der Waals surface area contributed by atoms with Gasteiger partial charge in [-0.1, -0.05) is 44.5 Å². The summed E-state index contributed by atoms with van der Waals surface area (Å²) in [6, 6.07) is 13.4. The smallest absolute Gasteiger partial charge is 0.341 e. The van der Waals surface area contributed by atoms with Crippen molar-refractivity contribution < 1.29 is 19.2 Å². The molecule has 0 unspecified atom stereocenters. The average Bonchev–Trinajstić information content (AvgIpc) is 3.13. The van der Waals surface area contributed by atoms with Crippen LogP contribution >= 0.6 is 11.3 Å². The molecule has 0 bridgehead atoms. The van der Waals surface area contributed by atoms with Gasteiger partial charge in [0.25, 0.3) is 11.6 Å². The van der Waals surface area contributed by atoms with Crippen molar-refractivity contribution in [1.82, 2.24) is 0 Å². The lowest BCUT2D eigenvalue weighted by molar-refractivity contribution is -0.384. The molecule has 172 valence electrons. The van der Waals surface area contributed by atoms with Crippen LogP contribution in [0.15, 0.2) is 48.5 Å². The van der Waals surface area contributed by atoms with Gasteiger partial charge in [0.1, 0.15) is 10.6 Å². The highest BCUT2D eigenvalue weighted by Crippen LogP contribution is 2.40. The molecule has 0 aliphatic heterocycles. The predicted octanol–water partition coefficient (Wildman–Crippen LogP) is 6.40. The quantitative estimate of drug-likeness (QED) is 0.223. The molecule has 7 nitrogen and oxygen atoms in total. The number of nitrogens with one attached hydrogen (secondary N) is 1. The Bertz CT molecular complexity index is 1150. The van der Waals surface area contributed by atoms with Crippen LogP contribution in [0.4, 0.5) is 10.7 Å². The van der Waals surface area contributed by atoms with Gasteiger partial charge in [-0.3, -0.25) is 14.9 Å². The summed E-state index contributed by atoms with van der Waals surface area (Å²) < 4.78 is 5.43. The lowest BCUT2D eigenvalue weighted by Gasteiger charge is -2.10. The number of anilines is 1. The van der Waals surface area contributed by atoms with Crippen molar-refractivity contribution in [1.29, 1.82) is 0 Å². The number of ether oxygens (including phenoxy) is 1. The van der Waals surface area contributed by atoms with Crippen LogP contribution in [0.2, 0.25) is 0 Å². The molecule has 0 fully saturated rings. The summed E-state index contributed by atoms with van der Waals surface area (Å²) in [6.07, 6.45) is 2.70. The van der Waals surface area contributed by atoms with Gasteiger partial charge in [-0.15, -0.1) is 11.3 Å². The summed E-state index contributed by atoms with van der Waals surface area (Å²) in [6.45, 7) is 6.21. The first kappa shape index (κ1) is 24.1. The minimum Gasteiger partial charge on any atom is -0.462 e. The van der Waals surface area contributed by atoms with Gasteiger partial charge in [0.05, 0.1) is 11.5 Å². The topological polar surface area (TPSA) is 98.5 Å². The minimum atomic E-state index is -0.524. The van der Waals surface area contributed by atoms with E-state index in [0.29, 0.717) is 17.0 Å². The largest absolute Gasteiger partial charge is 0.462 e. The number of non-ortho nitro benzene ring substituents is 1. The maximum Gasteiger partial charge on any atom is 0.341 e. The van der Waals surface area contributed by atoms with E-state index >= 15 is 0 Å². The molecule has 33 heavy (non-hydrogen) atoms. The van der Waals surface area contributed by atoms with E-state index in [-0.39, 0.29) is 17.9 Å². The lowest BCUT2D eigenvalue weighted by Crippen LogP contribution is -2.15. The van der Waals surface area contributed by atoms with Crippen molar-refractivity contribution in [2.24, 2.45) is 0 Å². The molecule has 1 heterocycles. The van der Waals surface area contributed by atoms with E-state index in [1.165, 1.54) is 41.2 Å². The van der Waals surface area contributed by atoms with E-state index in [0.717, 1.165) is 28.8 Å². The third kappa shape index (κ3) is 5.64. The SMILES string of the molecule is CCCOC(=O)c1c(NC(=O)c2ccc([N+](=O)[O-])cc2)sc(C)c1-c1ccc(CCC)cc1. The summed E-state index contributed by atoms with van der Waals surface area (Å²) in [5.74, 6) is -0.951. The Morgan fingerprint density at radius 2 is 1.70 bits per heavy atom. The number of nitrogens with zero attached hydrogens (tertiary/aromatic N) is 1. The second kappa shape index (κ2) is 10.9. The van der Waals surface area contributed by atoms with Gasteiger partial charge >= 0.3 is 5.97 Å². The molecule has 0 saturated carbocycles. The van der Waals surface area contributed by atoms with Crippen molar-refractivity contribution in [3.63, 3.8) is 0 Å². The predicted molar refractivity (Wildman–Crippen MR) is 130 cm³/mol. The molecule has 0 aliphatic carbocycles. The Kier molecular flexibility index (Phi) is 7.95. The zero-order valence-electron chi connectivity index (χ0n) is 18.8. The van der Waals surface area contributed by atoms with E-state index < -0.39 is 16.8 Å². The van der Waals surface area contributed by atoms with Crippen molar-refractivity contribution in [2.45, 2.75) is 40.0 Å². The maximum atomic E-state index is 13.0. The van der Waals surface area contributed by atoms with Gasteiger partial charge in [-0.25, -0.2) is 4.79 Å². The Labute approximate surface area is 196 Å². The standard InChI is InChI=1S/C25H26N2O5S/c1-4-6-17-7-9-18(10-8-17)21-16(3)33-24(22(21)25(29)32-15-5-2)26-23(28)19-11-13-20(14-12-19)27(30)31/h7-14H,4-6,15H2,1-3H3,(H,26,28). The van der Waals surface area contributed by atoms with Crippen molar-refractivity contribution >= 4 is 33.9 Å². The van der Waals surface area contributed by atoms with Crippen molar-refractivity contribution in [3.05, 3.63) is 80.2 Å². The van der Waals surface area contributed by atoms with Crippen LogP contribution in [0.3, 0.4) is 0 Å². The molecule has 8 heteroatoms. The van der Waals surface area contributed by atoms with E-state index in [2.05, 4.69) is 12.2 Å². The number of esters is 1. The van der Waals surface area contributed by atoms with E-state index in [1.807, 2.05) is 38.1 Å². The molecule has 0 aliphatic rings. The summed E-state index contributed by atoms with van der Waals surface area (Å²) in [5.41, 5.74) is 3.31. The molecular formula is C25H26N2O5S. The number of thiophene rings is 1. The molecule has 1 aromatic heterocycles. The van der Waals surface area contributed by atoms with E-state index in [9.17, 15) is 19.7 Å². The number of amides is 1. The number of hydrogen-bond donors (Lipinski definition) is 1. The number of nitro benzene ring substituents is 1. The number of aryl methyl sites for hydroxylation is 2. The van der Waals surface area contributed by atoms with Crippen LogP contribution in [0.5, 0.6) is 0 Å². The summed E-state index contributed by atoms with van der Waals surface area (Å²) >= 11 is 1.30. The lowest BCUT2D eigenvalue weighted by atomic mass is 9.99. The molecule has 2 aromatic carbocycles. The van der Waals surface area contributed by atoms with Crippen LogP contribution in [0.1, 0.15) is 57.8 Å². The summed E-state index contributed by atoms with van der Waals surface area (Å²) in [5, 5.41) is 14.1. The number of benzene rings is 2. The number of carbonyl (C=O) groups excluding carboxylic acids is 2. The second-order valence-electron chi connectivity index (χ2n) is 7.58. The van der Waals surface area contributed by atoms with Crippen LogP contribution in [0, 0.1) is 17.0 Å². The number of nitro groups is 1. The van der Waals surface area contributed by atoms with Gasteiger partial charge in [0, 0.05) is 28.1 Å². The molecule has 3 rings (SSSR count). The number of carbonyl (C=O) groups is 2. The van der Waals surface area contributed by atoms with Gasteiger partial charge < -0.3 is 10.1 Å². The molecule has 1 N–H and O–H groups in total. The Morgan fingerprint density at radius 1 is 1.03 bits per heavy atom. The Balaban J connectivity index is 1.98. The van der Waals surface area contributed by atoms with Crippen molar-refractivity contribution in [2.75, 3.05) is 11.9 Å². The molecule has 3 aromatic rings. The zero-order valence-corrected chi connectivity index (χ0v) is 19.7. The van der Waals surface area contributed by atoms with Crippen LogP contribution in [-0.2, 0) is 11.2 Å². The Hall–Kier alpha value is -3.52. The van der Waals surface area contributed by atoms with Gasteiger partial charge in [0.2, 0.25) is 0 Å². The van der Waals surface area contributed by atoms with Crippen LogP contribution in [-0.4, -0.2) is 23.4 Å². The highest BCUT2D eigenvalue weighted by atomic mass is 32.1. The number of hydrogen-bond acceptors (Lipinski definition) is 6. The molecule has 0 spiro atoms. The fourth-order valence-corrected chi connectivity index (χ4v) is 4.54. The van der Waals surface area contributed by atoms with Gasteiger partial charge in [0.15, 0.2) is 0 Å². The van der Waals surface area contributed by atoms with Crippen molar-refractivity contribution in [3.8, 4) is 11.1 Å². The third-order valence-electron chi connectivity index (χ3n) is 5.07. The average molecular weight is 467 g/mol. The second-order valence-corrected chi connectivity index (χ2v) is 8.80. The number of rotatable bonds is 9. The Morgan fingerprint density at radius 3 is 2.27 bits per heavy atom. The molecular weight excluding hydrogens is 440 g/mol. The molecule has 0 atom stereocenters. The fraction of sp³-hybridized carbons (Fsp3) is 0.280. The highest BCUT2D eigenvalue weighted by molar-refractivity contribution is 7.17. The minimum absolute atomic E-state index is 0.101. The maximum absolute atomic E-state index is 13.0. The highest BCUT2D eigenvalue weighted by Gasteiger charge is 2.26. The fourth-order valence-electron chi connectivity index (χ4n) is 3.48. The van der Waals surface area contributed by atoms with Crippen LogP contribution in [0.25, 0.3) is 11.1 Å². The first-order chi connectivity index (χ1) is 15.8. The van der Waals surface area contributed by atoms with Crippen LogP contribution < -0.4 is 5.32 Å². The first-order valence-electron chi connectivity index (χ1n) is 10.8. The normalized spacial score (nSPS) is 10.6. The molecule has 0 radical (unpaired) electrons. The molecule has 0 saturated heterocycles. The zero-order chi connectivity index (χ0) is 24.0. The summed E-state index contributed by atoms with van der Waals surface area (Å²) in [4.78, 5) is 37.0. The van der Waals surface area contributed by atoms with E-state index in [1.54, 1.807) is 0 Å². The van der Waals surface area contributed by atoms with Gasteiger partial charge in [-0.2, -0.15) is 0 Å². The third-order valence-corrected chi connectivity index (χ3v) is 6.09. The molecule has 1 amide bonds. The monoisotopic (exact) mass is 466 g/mol.